The lowest BCUT2D eigenvalue weighted by molar-refractivity contribution is -0.258. The second kappa shape index (κ2) is 13.3. The Balaban J connectivity index is 4.64. The van der Waals surface area contributed by atoms with Crippen molar-refractivity contribution in [3.05, 3.63) is 24.3 Å². The van der Waals surface area contributed by atoms with E-state index in [9.17, 15) is 0 Å². The molecule has 0 spiro atoms. The number of rotatable bonds is 13. The molecule has 118 valence electrons. The molecule has 0 aliphatic carbocycles. The fourth-order valence-corrected chi connectivity index (χ4v) is 1.56. The molecule has 0 rings (SSSR count). The van der Waals surface area contributed by atoms with Crippen molar-refractivity contribution in [1.82, 2.24) is 0 Å². The molecule has 0 aliphatic rings. The molecule has 0 saturated heterocycles. The van der Waals surface area contributed by atoms with Crippen molar-refractivity contribution >= 4 is 0 Å². The van der Waals surface area contributed by atoms with Crippen molar-refractivity contribution in [2.45, 2.75) is 39.9 Å². The fourth-order valence-electron chi connectivity index (χ4n) is 1.56. The molecule has 0 radical (unpaired) electrons. The second-order valence-corrected chi connectivity index (χ2v) is 4.25. The second-order valence-electron chi connectivity index (χ2n) is 4.25. The third-order valence-corrected chi connectivity index (χ3v) is 2.71. The maximum atomic E-state index is 5.92. The maximum absolute atomic E-state index is 5.92. The van der Waals surface area contributed by atoms with E-state index in [1.54, 1.807) is 0 Å². The average Bonchev–Trinajstić information content (AvgIpc) is 2.46. The molecule has 0 atom stereocenters. The van der Waals surface area contributed by atoms with Crippen LogP contribution in [-0.2, 0) is 18.9 Å². The molecular weight excluding hydrogens is 256 g/mol. The lowest BCUT2D eigenvalue weighted by Gasteiger charge is -2.33. The first-order valence-electron chi connectivity index (χ1n) is 7.40. The summed E-state index contributed by atoms with van der Waals surface area (Å²) < 4.78 is 22.8. The van der Waals surface area contributed by atoms with Gasteiger partial charge in [0.25, 0.3) is 0 Å². The first-order chi connectivity index (χ1) is 9.74. The van der Waals surface area contributed by atoms with Gasteiger partial charge in [0.1, 0.15) is 6.61 Å². The van der Waals surface area contributed by atoms with Gasteiger partial charge in [-0.05, 0) is 27.7 Å². The molecule has 0 bridgehead atoms. The fraction of sp³-hybridized carbons (Fsp3) is 0.750. The van der Waals surface area contributed by atoms with Gasteiger partial charge in [0.2, 0.25) is 0 Å². The largest absolute Gasteiger partial charge is 0.382 e. The molecule has 20 heavy (non-hydrogen) atoms. The van der Waals surface area contributed by atoms with Gasteiger partial charge in [-0.3, -0.25) is 0 Å². The van der Waals surface area contributed by atoms with Crippen LogP contribution in [0.5, 0.6) is 0 Å². The van der Waals surface area contributed by atoms with Crippen molar-refractivity contribution in [3.8, 4) is 0 Å². The highest BCUT2D eigenvalue weighted by atomic mass is 16.7. The van der Waals surface area contributed by atoms with Gasteiger partial charge >= 0.3 is 0 Å². The van der Waals surface area contributed by atoms with Crippen LogP contribution in [0.3, 0.4) is 0 Å². The summed E-state index contributed by atoms with van der Waals surface area (Å²) in [7, 11) is 0. The minimum atomic E-state index is -0.746. The first-order valence-corrected chi connectivity index (χ1v) is 7.40. The highest BCUT2D eigenvalue weighted by Gasteiger charge is 2.32. The molecule has 4 heteroatoms. The van der Waals surface area contributed by atoms with Gasteiger partial charge in [0.05, 0.1) is 19.8 Å². The van der Waals surface area contributed by atoms with E-state index in [1.165, 1.54) is 0 Å². The standard InChI is InChI=1S/C16H30O4/c1-5-9-12-19-16(15-18-8-4,11-14-17-7-3)20-13-10-6-2/h5-6,9-10H,7-8,11-15H2,1-4H3. The highest BCUT2D eigenvalue weighted by Crippen LogP contribution is 2.20. The van der Waals surface area contributed by atoms with Crippen LogP contribution >= 0.6 is 0 Å². The Morgan fingerprint density at radius 3 is 1.85 bits per heavy atom. The topological polar surface area (TPSA) is 36.9 Å². The molecule has 0 aliphatic heterocycles. The van der Waals surface area contributed by atoms with Crippen LogP contribution in [0.25, 0.3) is 0 Å². The summed E-state index contributed by atoms with van der Waals surface area (Å²) in [5, 5.41) is 0. The van der Waals surface area contributed by atoms with E-state index in [2.05, 4.69) is 0 Å². The van der Waals surface area contributed by atoms with E-state index in [0.717, 1.165) is 0 Å². The summed E-state index contributed by atoms with van der Waals surface area (Å²) in [6, 6.07) is 0. The molecule has 4 nitrogen and oxygen atoms in total. The summed E-state index contributed by atoms with van der Waals surface area (Å²) in [6.45, 7) is 11.2. The van der Waals surface area contributed by atoms with Crippen molar-refractivity contribution in [2.75, 3.05) is 39.6 Å². The Morgan fingerprint density at radius 2 is 1.40 bits per heavy atom. The summed E-state index contributed by atoms with van der Waals surface area (Å²) in [5.74, 6) is -0.746. The molecule has 0 amide bonds. The average molecular weight is 286 g/mol. The number of allylic oxidation sites excluding steroid dienone is 2. The lowest BCUT2D eigenvalue weighted by Crippen LogP contribution is -2.42. The predicted octanol–water partition coefficient (Wildman–Crippen LogP) is 3.33. The Kier molecular flexibility index (Phi) is 12.9. The van der Waals surface area contributed by atoms with Gasteiger partial charge in [-0.2, -0.15) is 0 Å². The van der Waals surface area contributed by atoms with Crippen molar-refractivity contribution in [1.29, 1.82) is 0 Å². The summed E-state index contributed by atoms with van der Waals surface area (Å²) in [6.07, 6.45) is 8.48. The molecule has 0 saturated carbocycles. The monoisotopic (exact) mass is 286 g/mol. The Labute approximate surface area is 123 Å². The van der Waals surface area contributed by atoms with Crippen LogP contribution in [0, 0.1) is 0 Å². The molecule has 0 aromatic carbocycles. The Bertz CT molecular complexity index is 245. The number of ether oxygens (including phenoxy) is 4. The van der Waals surface area contributed by atoms with E-state index in [0.29, 0.717) is 46.1 Å². The van der Waals surface area contributed by atoms with Gasteiger partial charge in [-0.15, -0.1) is 0 Å². The third-order valence-electron chi connectivity index (χ3n) is 2.71. The maximum Gasteiger partial charge on any atom is 0.194 e. The van der Waals surface area contributed by atoms with Gasteiger partial charge in [0, 0.05) is 19.6 Å². The van der Waals surface area contributed by atoms with Crippen molar-refractivity contribution in [3.63, 3.8) is 0 Å². The van der Waals surface area contributed by atoms with Crippen LogP contribution in [0.15, 0.2) is 24.3 Å². The van der Waals surface area contributed by atoms with E-state index in [-0.39, 0.29) is 0 Å². The van der Waals surface area contributed by atoms with Crippen LogP contribution in [0.4, 0.5) is 0 Å². The van der Waals surface area contributed by atoms with Crippen molar-refractivity contribution in [2.24, 2.45) is 0 Å². The van der Waals surface area contributed by atoms with Gasteiger partial charge in [-0.1, -0.05) is 24.3 Å². The van der Waals surface area contributed by atoms with E-state index >= 15 is 0 Å². The zero-order valence-corrected chi connectivity index (χ0v) is 13.4. The van der Waals surface area contributed by atoms with Crippen LogP contribution in [0.1, 0.15) is 34.1 Å². The molecule has 0 fully saturated rings. The Hall–Kier alpha value is -0.680. The SMILES string of the molecule is CC=CCOC(CCOCC)(COCC)OCC=CC. The number of hydrogen-bond acceptors (Lipinski definition) is 4. The third kappa shape index (κ3) is 9.26. The van der Waals surface area contributed by atoms with E-state index in [1.807, 2.05) is 52.0 Å². The summed E-state index contributed by atoms with van der Waals surface area (Å²) in [5.41, 5.74) is 0. The molecule has 0 aromatic heterocycles. The lowest BCUT2D eigenvalue weighted by atomic mass is 10.2. The zero-order chi connectivity index (χ0) is 15.1. The smallest absolute Gasteiger partial charge is 0.194 e. The van der Waals surface area contributed by atoms with Crippen LogP contribution < -0.4 is 0 Å². The van der Waals surface area contributed by atoms with Crippen LogP contribution in [0.2, 0.25) is 0 Å². The minimum Gasteiger partial charge on any atom is -0.382 e. The Morgan fingerprint density at radius 1 is 0.850 bits per heavy atom. The molecule has 0 aromatic rings. The number of hydrogen-bond donors (Lipinski definition) is 0. The summed E-state index contributed by atoms with van der Waals surface area (Å²) >= 11 is 0. The van der Waals surface area contributed by atoms with Gasteiger partial charge in [-0.25, -0.2) is 0 Å². The van der Waals surface area contributed by atoms with Gasteiger partial charge in [0.15, 0.2) is 5.79 Å². The normalized spacial score (nSPS) is 15.2. The molecular formula is C16H30O4. The van der Waals surface area contributed by atoms with E-state index in [4.69, 9.17) is 18.9 Å². The summed E-state index contributed by atoms with van der Waals surface area (Å²) in [4.78, 5) is 0. The van der Waals surface area contributed by atoms with Crippen molar-refractivity contribution < 1.29 is 18.9 Å². The highest BCUT2D eigenvalue weighted by molar-refractivity contribution is 4.82. The molecule has 0 N–H and O–H groups in total. The first kappa shape index (κ1) is 19.3. The van der Waals surface area contributed by atoms with Crippen LogP contribution in [-0.4, -0.2) is 45.4 Å². The quantitative estimate of drug-likeness (QED) is 0.296. The zero-order valence-electron chi connectivity index (χ0n) is 13.4. The molecule has 0 unspecified atom stereocenters. The van der Waals surface area contributed by atoms with Gasteiger partial charge < -0.3 is 18.9 Å². The molecule has 0 heterocycles. The van der Waals surface area contributed by atoms with E-state index < -0.39 is 5.79 Å². The minimum absolute atomic E-state index is 0.408. The predicted molar refractivity (Wildman–Crippen MR) is 81.9 cm³/mol.